The Hall–Kier alpha value is -2.96. The van der Waals surface area contributed by atoms with Crippen LogP contribution in [-0.2, 0) is 0 Å². The number of hydrogen-bond donors (Lipinski definition) is 2. The maximum Gasteiger partial charge on any atom is 0.319 e. The lowest BCUT2D eigenvalue weighted by Crippen LogP contribution is -2.31. The number of carbonyl (C=O) groups excluding carboxylic acids is 1. The first-order valence-electron chi connectivity index (χ1n) is 7.52. The lowest BCUT2D eigenvalue weighted by atomic mass is 10.1. The molecular weight excluding hydrogens is 313 g/mol. The molecule has 0 heterocycles. The summed E-state index contributed by atoms with van der Waals surface area (Å²) in [4.78, 5) is 22.5. The van der Waals surface area contributed by atoms with Gasteiger partial charge in [0.15, 0.2) is 0 Å². The molecule has 2 atom stereocenters. The van der Waals surface area contributed by atoms with E-state index in [0.29, 0.717) is 11.3 Å². The Morgan fingerprint density at radius 3 is 2.75 bits per heavy atom. The van der Waals surface area contributed by atoms with Crippen molar-refractivity contribution in [1.82, 2.24) is 5.32 Å². The number of nitrogens with one attached hydrogen (secondary N) is 2. The van der Waals surface area contributed by atoms with Gasteiger partial charge in [0.25, 0.3) is 5.69 Å². The SMILES string of the molecule is Cc1c(NC(=O)NC2CC2c2cccc(F)c2)cccc1[N+](=O)[O-]. The van der Waals surface area contributed by atoms with Crippen molar-refractivity contribution in [3.8, 4) is 0 Å². The van der Waals surface area contributed by atoms with E-state index < -0.39 is 11.0 Å². The second-order valence-electron chi connectivity index (χ2n) is 5.81. The van der Waals surface area contributed by atoms with E-state index in [1.807, 2.05) is 6.07 Å². The first kappa shape index (κ1) is 15.9. The van der Waals surface area contributed by atoms with E-state index in [1.54, 1.807) is 19.1 Å². The van der Waals surface area contributed by atoms with E-state index in [2.05, 4.69) is 10.6 Å². The smallest absolute Gasteiger partial charge is 0.319 e. The van der Waals surface area contributed by atoms with Crippen LogP contribution in [0, 0.1) is 22.9 Å². The molecule has 1 fully saturated rings. The van der Waals surface area contributed by atoms with Crippen LogP contribution in [0.4, 0.5) is 20.6 Å². The van der Waals surface area contributed by atoms with Crippen molar-refractivity contribution in [1.29, 1.82) is 0 Å². The summed E-state index contributed by atoms with van der Waals surface area (Å²) in [6.07, 6.45) is 0.741. The van der Waals surface area contributed by atoms with E-state index >= 15 is 0 Å². The quantitative estimate of drug-likeness (QED) is 0.662. The molecule has 3 rings (SSSR count). The average molecular weight is 329 g/mol. The normalized spacial score (nSPS) is 18.8. The highest BCUT2D eigenvalue weighted by Crippen LogP contribution is 2.41. The molecule has 0 bridgehead atoms. The van der Waals surface area contributed by atoms with Crippen molar-refractivity contribution in [2.75, 3.05) is 5.32 Å². The number of urea groups is 1. The lowest BCUT2D eigenvalue weighted by molar-refractivity contribution is -0.385. The van der Waals surface area contributed by atoms with E-state index in [9.17, 15) is 19.3 Å². The van der Waals surface area contributed by atoms with Gasteiger partial charge in [-0.3, -0.25) is 10.1 Å². The zero-order valence-corrected chi connectivity index (χ0v) is 13.0. The van der Waals surface area contributed by atoms with Crippen LogP contribution in [0.3, 0.4) is 0 Å². The van der Waals surface area contributed by atoms with Gasteiger partial charge in [0.1, 0.15) is 5.82 Å². The molecule has 2 N–H and O–H groups in total. The van der Waals surface area contributed by atoms with Gasteiger partial charge in [-0.2, -0.15) is 0 Å². The van der Waals surface area contributed by atoms with Crippen molar-refractivity contribution < 1.29 is 14.1 Å². The molecule has 2 amide bonds. The molecular formula is C17H16FN3O3. The summed E-state index contributed by atoms with van der Waals surface area (Å²) in [6.45, 7) is 1.58. The molecule has 2 unspecified atom stereocenters. The Bertz CT molecular complexity index is 809. The number of rotatable bonds is 4. The van der Waals surface area contributed by atoms with Crippen molar-refractivity contribution in [2.24, 2.45) is 0 Å². The van der Waals surface area contributed by atoms with Crippen LogP contribution in [0.25, 0.3) is 0 Å². The number of halogens is 1. The molecule has 6 nitrogen and oxygen atoms in total. The van der Waals surface area contributed by atoms with E-state index in [-0.39, 0.29) is 23.5 Å². The minimum Gasteiger partial charge on any atom is -0.334 e. The average Bonchev–Trinajstić information content (AvgIpc) is 3.28. The zero-order chi connectivity index (χ0) is 17.3. The number of carbonyl (C=O) groups is 1. The summed E-state index contributed by atoms with van der Waals surface area (Å²) in [5.41, 5.74) is 1.60. The predicted molar refractivity (Wildman–Crippen MR) is 87.5 cm³/mol. The van der Waals surface area contributed by atoms with E-state index in [4.69, 9.17) is 0 Å². The number of benzene rings is 2. The molecule has 7 heteroatoms. The van der Waals surface area contributed by atoms with Crippen LogP contribution in [-0.4, -0.2) is 17.0 Å². The summed E-state index contributed by atoms with van der Waals surface area (Å²) in [7, 11) is 0. The molecule has 24 heavy (non-hydrogen) atoms. The highest BCUT2D eigenvalue weighted by molar-refractivity contribution is 5.91. The molecule has 1 aliphatic rings. The van der Waals surface area contributed by atoms with Crippen molar-refractivity contribution in [3.05, 3.63) is 69.5 Å². The Balaban J connectivity index is 1.62. The first-order chi connectivity index (χ1) is 11.5. The fourth-order valence-electron chi connectivity index (χ4n) is 2.74. The summed E-state index contributed by atoms with van der Waals surface area (Å²) in [5, 5.41) is 16.4. The number of nitro benzene ring substituents is 1. The molecule has 2 aromatic carbocycles. The van der Waals surface area contributed by atoms with Crippen molar-refractivity contribution >= 4 is 17.4 Å². The number of hydrogen-bond acceptors (Lipinski definition) is 3. The molecule has 0 aromatic heterocycles. The molecule has 2 aromatic rings. The molecule has 0 radical (unpaired) electrons. The van der Waals surface area contributed by atoms with Crippen LogP contribution in [0.15, 0.2) is 42.5 Å². The first-order valence-corrected chi connectivity index (χ1v) is 7.52. The van der Waals surface area contributed by atoms with Crippen LogP contribution < -0.4 is 10.6 Å². The fraction of sp³-hybridized carbons (Fsp3) is 0.235. The van der Waals surface area contributed by atoms with Crippen LogP contribution in [0.1, 0.15) is 23.5 Å². The second kappa shape index (κ2) is 6.27. The number of anilines is 1. The topological polar surface area (TPSA) is 84.3 Å². The number of nitro groups is 1. The highest BCUT2D eigenvalue weighted by Gasteiger charge is 2.39. The van der Waals surface area contributed by atoms with Gasteiger partial charge < -0.3 is 10.6 Å². The number of amides is 2. The third kappa shape index (κ3) is 3.34. The van der Waals surface area contributed by atoms with Crippen LogP contribution in [0.2, 0.25) is 0 Å². The van der Waals surface area contributed by atoms with E-state index in [0.717, 1.165) is 12.0 Å². The highest BCUT2D eigenvalue weighted by atomic mass is 19.1. The molecule has 1 aliphatic carbocycles. The molecule has 0 aliphatic heterocycles. The molecule has 0 spiro atoms. The van der Waals surface area contributed by atoms with Gasteiger partial charge in [0.05, 0.1) is 16.2 Å². The van der Waals surface area contributed by atoms with Crippen LogP contribution in [0.5, 0.6) is 0 Å². The second-order valence-corrected chi connectivity index (χ2v) is 5.81. The van der Waals surface area contributed by atoms with Crippen molar-refractivity contribution in [2.45, 2.75) is 25.3 Å². The van der Waals surface area contributed by atoms with Gasteiger partial charge >= 0.3 is 6.03 Å². The Morgan fingerprint density at radius 1 is 1.29 bits per heavy atom. The Morgan fingerprint density at radius 2 is 2.04 bits per heavy atom. The predicted octanol–water partition coefficient (Wildman–Crippen LogP) is 3.72. The minimum atomic E-state index is -0.487. The summed E-state index contributed by atoms with van der Waals surface area (Å²) >= 11 is 0. The zero-order valence-electron chi connectivity index (χ0n) is 13.0. The standard InChI is InChI=1S/C17H16FN3O3/c1-10-14(6-3-7-16(10)21(23)24)19-17(22)20-15-9-13(15)11-4-2-5-12(18)8-11/h2-8,13,15H,9H2,1H3,(H2,19,20,22). The maximum absolute atomic E-state index is 13.2. The van der Waals surface area contributed by atoms with Gasteiger partial charge in [-0.05, 0) is 37.1 Å². The fourth-order valence-corrected chi connectivity index (χ4v) is 2.74. The number of nitrogens with zero attached hydrogens (tertiary/aromatic N) is 1. The summed E-state index contributed by atoms with van der Waals surface area (Å²) < 4.78 is 13.2. The molecule has 1 saturated carbocycles. The molecule has 124 valence electrons. The van der Waals surface area contributed by atoms with Crippen LogP contribution >= 0.6 is 0 Å². The van der Waals surface area contributed by atoms with Gasteiger partial charge in [-0.1, -0.05) is 18.2 Å². The maximum atomic E-state index is 13.2. The summed E-state index contributed by atoms with van der Waals surface area (Å²) in [5.74, 6) is -0.201. The lowest BCUT2D eigenvalue weighted by Gasteiger charge is -2.10. The summed E-state index contributed by atoms with van der Waals surface area (Å²) in [6, 6.07) is 10.4. The van der Waals surface area contributed by atoms with Gasteiger partial charge in [-0.25, -0.2) is 9.18 Å². The van der Waals surface area contributed by atoms with Gasteiger partial charge in [0.2, 0.25) is 0 Å². The third-order valence-corrected chi connectivity index (χ3v) is 4.13. The minimum absolute atomic E-state index is 0.0446. The van der Waals surface area contributed by atoms with Gasteiger partial charge in [0, 0.05) is 18.0 Å². The molecule has 0 saturated heterocycles. The Kier molecular flexibility index (Phi) is 4.16. The van der Waals surface area contributed by atoms with Gasteiger partial charge in [-0.15, -0.1) is 0 Å². The largest absolute Gasteiger partial charge is 0.334 e. The monoisotopic (exact) mass is 329 g/mol. The Labute approximate surface area is 137 Å². The third-order valence-electron chi connectivity index (χ3n) is 4.13. The van der Waals surface area contributed by atoms with E-state index in [1.165, 1.54) is 24.3 Å². The van der Waals surface area contributed by atoms with Crippen molar-refractivity contribution in [3.63, 3.8) is 0 Å².